The van der Waals surface area contributed by atoms with Crippen molar-refractivity contribution >= 4 is 28.9 Å². The second-order valence-electron chi connectivity index (χ2n) is 7.04. The number of amides is 1. The molecule has 1 aromatic carbocycles. The summed E-state index contributed by atoms with van der Waals surface area (Å²) in [6.45, 7) is 4.62. The van der Waals surface area contributed by atoms with Gasteiger partial charge < -0.3 is 10.0 Å². The van der Waals surface area contributed by atoms with Crippen LogP contribution in [-0.4, -0.2) is 23.5 Å². The van der Waals surface area contributed by atoms with Crippen molar-refractivity contribution in [2.24, 2.45) is 11.8 Å². The van der Waals surface area contributed by atoms with Crippen LogP contribution in [0, 0.1) is 11.8 Å². The second-order valence-corrected chi connectivity index (χ2v) is 8.09. The second kappa shape index (κ2) is 8.04. The topological polar surface area (TPSA) is 57.6 Å². The first kappa shape index (κ1) is 18.6. The van der Waals surface area contributed by atoms with Crippen molar-refractivity contribution in [2.45, 2.75) is 39.5 Å². The first-order chi connectivity index (χ1) is 12.5. The average molecular weight is 372 g/mol. The molecule has 1 N–H and O–H groups in total. The highest BCUT2D eigenvalue weighted by Crippen LogP contribution is 2.38. The van der Waals surface area contributed by atoms with Gasteiger partial charge in [0.05, 0.1) is 5.69 Å². The number of hydrogen-bond donors (Lipinski definition) is 1. The van der Waals surface area contributed by atoms with Gasteiger partial charge in [0.1, 0.15) is 4.88 Å². The summed E-state index contributed by atoms with van der Waals surface area (Å²) in [4.78, 5) is 27.7. The molecule has 0 spiro atoms. The van der Waals surface area contributed by atoms with E-state index < -0.39 is 5.97 Å². The fraction of sp³-hybridized carbons (Fsp3) is 0.429. The Morgan fingerprint density at radius 2 is 1.81 bits per heavy atom. The molecule has 2 aromatic rings. The van der Waals surface area contributed by atoms with E-state index in [0.717, 1.165) is 36.1 Å². The van der Waals surface area contributed by atoms with Gasteiger partial charge in [0.25, 0.3) is 0 Å². The molecule has 1 amide bonds. The summed E-state index contributed by atoms with van der Waals surface area (Å²) in [7, 11) is 0. The predicted molar refractivity (Wildman–Crippen MR) is 106 cm³/mol. The molecule has 0 atom stereocenters. The number of hydrogen-bond acceptors (Lipinski definition) is 3. The number of nitrogens with zero attached hydrogens (tertiary/aromatic N) is 1. The fourth-order valence-electron chi connectivity index (χ4n) is 3.65. The maximum atomic E-state index is 13.1. The molecule has 4 nitrogen and oxygen atoms in total. The van der Waals surface area contributed by atoms with E-state index in [9.17, 15) is 14.7 Å². The number of anilines is 1. The standard InChI is InChI=1S/C21H25NO3S/c1-3-22(20(23)16-11-9-14(2)10-12-16)17-13-18(26-19(17)21(24)25)15-7-5-4-6-8-15/h4-8,13-14,16H,3,9-12H2,1-2H3,(H,24,25)/t14-,16-. The smallest absolute Gasteiger partial charge is 0.348 e. The Balaban J connectivity index is 1.93. The number of carbonyl (C=O) groups is 2. The lowest BCUT2D eigenvalue weighted by molar-refractivity contribution is -0.123. The molecule has 26 heavy (non-hydrogen) atoms. The first-order valence-corrected chi connectivity index (χ1v) is 10.1. The third kappa shape index (κ3) is 3.83. The van der Waals surface area contributed by atoms with E-state index in [-0.39, 0.29) is 16.7 Å². The zero-order chi connectivity index (χ0) is 18.7. The maximum Gasteiger partial charge on any atom is 0.348 e. The van der Waals surface area contributed by atoms with Crippen LogP contribution in [0.2, 0.25) is 0 Å². The quantitative estimate of drug-likeness (QED) is 0.776. The highest BCUT2D eigenvalue weighted by molar-refractivity contribution is 7.18. The Bertz CT molecular complexity index is 776. The predicted octanol–water partition coefficient (Wildman–Crippen LogP) is 5.29. The van der Waals surface area contributed by atoms with E-state index in [4.69, 9.17) is 0 Å². The molecule has 1 heterocycles. The zero-order valence-corrected chi connectivity index (χ0v) is 16.1. The van der Waals surface area contributed by atoms with E-state index in [1.807, 2.05) is 43.3 Å². The van der Waals surface area contributed by atoms with Gasteiger partial charge in [-0.2, -0.15) is 0 Å². The van der Waals surface area contributed by atoms with E-state index in [2.05, 4.69) is 6.92 Å². The van der Waals surface area contributed by atoms with Crippen molar-refractivity contribution in [2.75, 3.05) is 11.4 Å². The molecule has 138 valence electrons. The SMILES string of the molecule is CCN(c1cc(-c2ccccc2)sc1C(=O)O)C(=O)[C@H]1CC[C@H](C)CC1. The molecule has 0 aliphatic heterocycles. The Morgan fingerprint density at radius 3 is 2.38 bits per heavy atom. The molecule has 1 aliphatic rings. The summed E-state index contributed by atoms with van der Waals surface area (Å²) in [5.41, 5.74) is 1.51. The number of benzene rings is 1. The number of carbonyl (C=O) groups excluding carboxylic acids is 1. The van der Waals surface area contributed by atoms with Crippen LogP contribution < -0.4 is 4.90 Å². The summed E-state index contributed by atoms with van der Waals surface area (Å²) in [6, 6.07) is 11.6. The van der Waals surface area contributed by atoms with Crippen LogP contribution in [0.3, 0.4) is 0 Å². The molecule has 1 aliphatic carbocycles. The Hall–Kier alpha value is -2.14. The number of rotatable bonds is 5. The molecule has 1 aromatic heterocycles. The average Bonchev–Trinajstić information content (AvgIpc) is 3.09. The normalized spacial score (nSPS) is 19.9. The van der Waals surface area contributed by atoms with Crippen molar-refractivity contribution in [1.29, 1.82) is 0 Å². The van der Waals surface area contributed by atoms with Gasteiger partial charge >= 0.3 is 5.97 Å². The summed E-state index contributed by atoms with van der Waals surface area (Å²) >= 11 is 1.24. The highest BCUT2D eigenvalue weighted by Gasteiger charge is 2.31. The number of carboxylic acids is 1. The van der Waals surface area contributed by atoms with Crippen LogP contribution in [0.25, 0.3) is 10.4 Å². The van der Waals surface area contributed by atoms with Gasteiger partial charge in [-0.05, 0) is 50.2 Å². The van der Waals surface area contributed by atoms with Crippen molar-refractivity contribution < 1.29 is 14.7 Å². The maximum absolute atomic E-state index is 13.1. The Morgan fingerprint density at radius 1 is 1.15 bits per heavy atom. The molecule has 1 saturated carbocycles. The molecule has 5 heteroatoms. The van der Waals surface area contributed by atoms with E-state index in [0.29, 0.717) is 18.2 Å². The van der Waals surface area contributed by atoms with E-state index in [1.165, 1.54) is 11.3 Å². The van der Waals surface area contributed by atoms with Crippen LogP contribution in [0.1, 0.15) is 49.2 Å². The summed E-state index contributed by atoms with van der Waals surface area (Å²) < 4.78 is 0. The minimum Gasteiger partial charge on any atom is -0.477 e. The van der Waals surface area contributed by atoms with Crippen LogP contribution in [0.4, 0.5) is 5.69 Å². The lowest BCUT2D eigenvalue weighted by Crippen LogP contribution is -2.38. The third-order valence-corrected chi connectivity index (χ3v) is 6.36. The van der Waals surface area contributed by atoms with Gasteiger partial charge in [-0.1, -0.05) is 37.3 Å². The van der Waals surface area contributed by atoms with Gasteiger partial charge in [0.2, 0.25) is 5.91 Å². The van der Waals surface area contributed by atoms with Crippen molar-refractivity contribution in [3.8, 4) is 10.4 Å². The number of thiophene rings is 1. The lowest BCUT2D eigenvalue weighted by atomic mass is 9.82. The molecular formula is C21H25NO3S. The fourth-order valence-corrected chi connectivity index (χ4v) is 4.66. The highest BCUT2D eigenvalue weighted by atomic mass is 32.1. The zero-order valence-electron chi connectivity index (χ0n) is 15.3. The van der Waals surface area contributed by atoms with Crippen LogP contribution >= 0.6 is 11.3 Å². The van der Waals surface area contributed by atoms with Crippen LogP contribution in [0.15, 0.2) is 36.4 Å². The van der Waals surface area contributed by atoms with Crippen LogP contribution in [0.5, 0.6) is 0 Å². The molecule has 0 saturated heterocycles. The van der Waals surface area contributed by atoms with Gasteiger partial charge in [0, 0.05) is 17.3 Å². The van der Waals surface area contributed by atoms with Gasteiger partial charge in [-0.15, -0.1) is 11.3 Å². The molecule has 0 bridgehead atoms. The van der Waals surface area contributed by atoms with Crippen molar-refractivity contribution in [3.63, 3.8) is 0 Å². The van der Waals surface area contributed by atoms with E-state index >= 15 is 0 Å². The summed E-state index contributed by atoms with van der Waals surface area (Å²) in [5.74, 6) is -0.225. The summed E-state index contributed by atoms with van der Waals surface area (Å²) in [5, 5.41) is 9.67. The minimum absolute atomic E-state index is 0.00729. The lowest BCUT2D eigenvalue weighted by Gasteiger charge is -2.30. The monoisotopic (exact) mass is 371 g/mol. The molecular weight excluding hydrogens is 346 g/mol. The number of aromatic carboxylic acids is 1. The van der Waals surface area contributed by atoms with Gasteiger partial charge in [-0.25, -0.2) is 4.79 Å². The first-order valence-electron chi connectivity index (χ1n) is 9.25. The molecule has 0 unspecified atom stereocenters. The minimum atomic E-state index is -0.976. The molecule has 0 radical (unpaired) electrons. The Labute approximate surface area is 158 Å². The Kier molecular flexibility index (Phi) is 5.77. The third-order valence-electron chi connectivity index (χ3n) is 5.20. The van der Waals surface area contributed by atoms with Crippen LogP contribution in [-0.2, 0) is 4.79 Å². The van der Waals surface area contributed by atoms with Gasteiger partial charge in [-0.3, -0.25) is 4.79 Å². The van der Waals surface area contributed by atoms with Gasteiger partial charge in [0.15, 0.2) is 0 Å². The number of carboxylic acid groups (broad SMARTS) is 1. The molecule has 3 rings (SSSR count). The van der Waals surface area contributed by atoms with E-state index in [1.54, 1.807) is 4.90 Å². The largest absolute Gasteiger partial charge is 0.477 e. The molecule has 1 fully saturated rings. The van der Waals surface area contributed by atoms with Crippen molar-refractivity contribution in [3.05, 3.63) is 41.3 Å². The summed E-state index contributed by atoms with van der Waals surface area (Å²) in [6.07, 6.45) is 3.93. The van der Waals surface area contributed by atoms with Crippen molar-refractivity contribution in [1.82, 2.24) is 0 Å².